The molecule has 45 heavy (non-hydrogen) atoms. The van der Waals surface area contributed by atoms with E-state index in [1.54, 1.807) is 0 Å². The van der Waals surface area contributed by atoms with Gasteiger partial charge in [0.05, 0.1) is 11.0 Å². The Bertz CT molecular complexity index is 2420. The van der Waals surface area contributed by atoms with E-state index >= 15 is 0 Å². The van der Waals surface area contributed by atoms with Gasteiger partial charge in [-0.1, -0.05) is 137 Å². The van der Waals surface area contributed by atoms with Gasteiger partial charge in [0.1, 0.15) is 0 Å². The first-order chi connectivity index (χ1) is 21.8. The molecular formula is C44H35N. The van der Waals surface area contributed by atoms with Crippen LogP contribution in [0, 0.1) is 0 Å². The fourth-order valence-electron chi connectivity index (χ4n) is 8.03. The summed E-state index contributed by atoms with van der Waals surface area (Å²) in [6.07, 6.45) is 0. The van der Waals surface area contributed by atoms with Crippen LogP contribution in [0.1, 0.15) is 38.8 Å². The highest BCUT2D eigenvalue weighted by atomic mass is 15.0. The van der Waals surface area contributed by atoms with Gasteiger partial charge in [-0.2, -0.15) is 0 Å². The van der Waals surface area contributed by atoms with E-state index < -0.39 is 0 Å². The van der Waals surface area contributed by atoms with Gasteiger partial charge >= 0.3 is 0 Å². The largest absolute Gasteiger partial charge is 0.309 e. The molecule has 0 unspecified atom stereocenters. The molecule has 1 heteroatoms. The highest BCUT2D eigenvalue weighted by molar-refractivity contribution is 6.16. The van der Waals surface area contributed by atoms with Crippen LogP contribution in [-0.2, 0) is 10.8 Å². The summed E-state index contributed by atoms with van der Waals surface area (Å²) in [6.45, 7) is 9.71. The third kappa shape index (κ3) is 3.56. The molecule has 0 saturated heterocycles. The fraction of sp³-hybridized carbons (Fsp3) is 0.136. The second kappa shape index (κ2) is 9.19. The SMILES string of the molecule is CC1(C)c2cc(-c3ccc(-n4c5ccccc5c5ccccc54)cc3)ccc2-c2c(ccc3ccc4ccccc4c23)C1(C)C. The summed E-state index contributed by atoms with van der Waals surface area (Å²) in [4.78, 5) is 0. The lowest BCUT2D eigenvalue weighted by molar-refractivity contribution is 0.299. The monoisotopic (exact) mass is 577 g/mol. The third-order valence-corrected chi connectivity index (χ3v) is 11.1. The first kappa shape index (κ1) is 26.3. The Balaban J connectivity index is 1.22. The van der Waals surface area contributed by atoms with Crippen LogP contribution in [0.2, 0.25) is 0 Å². The maximum absolute atomic E-state index is 2.47. The van der Waals surface area contributed by atoms with Crippen molar-refractivity contribution in [3.8, 4) is 27.9 Å². The number of hydrogen-bond donors (Lipinski definition) is 0. The molecule has 0 aliphatic heterocycles. The Hall–Kier alpha value is -5.14. The molecule has 1 heterocycles. The summed E-state index contributed by atoms with van der Waals surface area (Å²) in [7, 11) is 0. The van der Waals surface area contributed by atoms with E-state index in [1.807, 2.05) is 0 Å². The summed E-state index contributed by atoms with van der Waals surface area (Å²) < 4.78 is 2.39. The summed E-state index contributed by atoms with van der Waals surface area (Å²) in [5, 5.41) is 7.88. The molecular weight excluding hydrogens is 542 g/mol. The van der Waals surface area contributed by atoms with Gasteiger partial charge in [-0.25, -0.2) is 0 Å². The molecule has 0 N–H and O–H groups in total. The topological polar surface area (TPSA) is 4.93 Å². The molecule has 0 fully saturated rings. The lowest BCUT2D eigenvalue weighted by Gasteiger charge is -2.49. The Kier molecular flexibility index (Phi) is 5.37. The maximum Gasteiger partial charge on any atom is 0.0541 e. The van der Waals surface area contributed by atoms with Crippen molar-refractivity contribution in [2.45, 2.75) is 38.5 Å². The minimum absolute atomic E-state index is 0.0561. The van der Waals surface area contributed by atoms with E-state index in [9.17, 15) is 0 Å². The van der Waals surface area contributed by atoms with Gasteiger partial charge in [-0.15, -0.1) is 0 Å². The molecule has 0 spiro atoms. The minimum atomic E-state index is -0.0630. The Morgan fingerprint density at radius 3 is 1.71 bits per heavy atom. The van der Waals surface area contributed by atoms with Gasteiger partial charge < -0.3 is 4.57 Å². The van der Waals surface area contributed by atoms with Gasteiger partial charge in [-0.05, 0) is 96.1 Å². The first-order valence-electron chi connectivity index (χ1n) is 16.0. The molecule has 7 aromatic carbocycles. The molecule has 216 valence electrons. The highest BCUT2D eigenvalue weighted by Gasteiger charge is 2.46. The zero-order valence-corrected chi connectivity index (χ0v) is 26.2. The van der Waals surface area contributed by atoms with Gasteiger partial charge in [0, 0.05) is 16.5 Å². The molecule has 0 saturated carbocycles. The predicted octanol–water partition coefficient (Wildman–Crippen LogP) is 12.0. The summed E-state index contributed by atoms with van der Waals surface area (Å²) in [5.41, 5.74) is 11.7. The Morgan fingerprint density at radius 1 is 0.444 bits per heavy atom. The van der Waals surface area contributed by atoms with Gasteiger partial charge in [0.15, 0.2) is 0 Å². The van der Waals surface area contributed by atoms with Crippen molar-refractivity contribution >= 4 is 43.4 Å². The summed E-state index contributed by atoms with van der Waals surface area (Å²) >= 11 is 0. The molecule has 9 rings (SSSR count). The second-order valence-corrected chi connectivity index (χ2v) is 13.8. The van der Waals surface area contributed by atoms with E-state index in [-0.39, 0.29) is 10.8 Å². The fourth-order valence-corrected chi connectivity index (χ4v) is 8.03. The number of hydrogen-bond acceptors (Lipinski definition) is 0. The zero-order chi connectivity index (χ0) is 30.5. The summed E-state index contributed by atoms with van der Waals surface area (Å²) in [5.74, 6) is 0. The van der Waals surface area contributed by atoms with Crippen molar-refractivity contribution in [2.24, 2.45) is 0 Å². The number of nitrogens with zero attached hydrogens (tertiary/aromatic N) is 1. The van der Waals surface area contributed by atoms with Crippen molar-refractivity contribution in [3.05, 3.63) is 151 Å². The molecule has 0 atom stereocenters. The van der Waals surface area contributed by atoms with E-state index in [4.69, 9.17) is 0 Å². The molecule has 0 radical (unpaired) electrons. The lowest BCUT2D eigenvalue weighted by Crippen LogP contribution is -2.43. The average molecular weight is 578 g/mol. The Labute approximate surface area is 264 Å². The summed E-state index contributed by atoms with van der Waals surface area (Å²) in [6, 6.07) is 51.8. The van der Waals surface area contributed by atoms with Crippen molar-refractivity contribution in [2.75, 3.05) is 0 Å². The van der Waals surface area contributed by atoms with Crippen LogP contribution in [0.25, 0.3) is 71.3 Å². The third-order valence-electron chi connectivity index (χ3n) is 11.1. The van der Waals surface area contributed by atoms with Crippen LogP contribution in [0.15, 0.2) is 140 Å². The van der Waals surface area contributed by atoms with E-state index in [1.165, 1.54) is 82.4 Å². The lowest BCUT2D eigenvalue weighted by atomic mass is 9.55. The van der Waals surface area contributed by atoms with Crippen molar-refractivity contribution in [3.63, 3.8) is 0 Å². The van der Waals surface area contributed by atoms with E-state index in [0.717, 1.165) is 0 Å². The molecule has 8 aromatic rings. The molecule has 0 amide bonds. The van der Waals surface area contributed by atoms with Crippen LogP contribution in [0.5, 0.6) is 0 Å². The Morgan fingerprint density at radius 2 is 1.00 bits per heavy atom. The van der Waals surface area contributed by atoms with E-state index in [0.29, 0.717) is 0 Å². The molecule has 1 nitrogen and oxygen atoms in total. The number of benzene rings is 7. The maximum atomic E-state index is 2.47. The predicted molar refractivity (Wildman–Crippen MR) is 193 cm³/mol. The number of para-hydroxylation sites is 2. The second-order valence-electron chi connectivity index (χ2n) is 13.8. The number of rotatable bonds is 2. The molecule has 0 bridgehead atoms. The van der Waals surface area contributed by atoms with Crippen LogP contribution in [-0.4, -0.2) is 4.57 Å². The molecule has 1 aliphatic carbocycles. The van der Waals surface area contributed by atoms with Crippen molar-refractivity contribution in [1.82, 2.24) is 4.57 Å². The number of fused-ring (bicyclic) bond motifs is 10. The van der Waals surface area contributed by atoms with Crippen molar-refractivity contribution < 1.29 is 0 Å². The number of aromatic nitrogens is 1. The smallest absolute Gasteiger partial charge is 0.0541 e. The minimum Gasteiger partial charge on any atom is -0.309 e. The zero-order valence-electron chi connectivity index (χ0n) is 26.2. The van der Waals surface area contributed by atoms with Gasteiger partial charge in [-0.3, -0.25) is 0 Å². The van der Waals surface area contributed by atoms with Crippen LogP contribution in [0.3, 0.4) is 0 Å². The molecule has 1 aromatic heterocycles. The molecule has 1 aliphatic rings. The van der Waals surface area contributed by atoms with E-state index in [2.05, 4.69) is 172 Å². The quantitative estimate of drug-likeness (QED) is 0.180. The first-order valence-corrected chi connectivity index (χ1v) is 16.0. The van der Waals surface area contributed by atoms with Gasteiger partial charge in [0.25, 0.3) is 0 Å². The van der Waals surface area contributed by atoms with Gasteiger partial charge in [0.2, 0.25) is 0 Å². The normalized spacial score (nSPS) is 15.0. The van der Waals surface area contributed by atoms with Crippen LogP contribution < -0.4 is 0 Å². The van der Waals surface area contributed by atoms with Crippen molar-refractivity contribution in [1.29, 1.82) is 0 Å². The standard InChI is InChI=1S/C44H35N/c1-43(2)37-26-22-30-18-17-29-11-5-6-12-33(29)41(30)42(37)36-25-21-31(27-38(36)44(43,3)4)28-19-23-32(24-20-28)45-39-15-9-7-13-34(39)35-14-8-10-16-40(35)45/h5-27H,1-4H3. The van der Waals surface area contributed by atoms with Crippen LogP contribution >= 0.6 is 0 Å². The average Bonchev–Trinajstić information content (AvgIpc) is 3.41. The highest BCUT2D eigenvalue weighted by Crippen LogP contribution is 2.56. The van der Waals surface area contributed by atoms with Crippen LogP contribution in [0.4, 0.5) is 0 Å².